The van der Waals surface area contributed by atoms with Crippen LogP contribution in [0.4, 0.5) is 24.5 Å². The van der Waals surface area contributed by atoms with E-state index in [1.165, 1.54) is 12.1 Å². The summed E-state index contributed by atoms with van der Waals surface area (Å²) in [5, 5.41) is 3.11. The minimum Gasteiger partial charge on any atom is -0.397 e. The molecule has 2 rings (SSSR count). The fraction of sp³-hybridized carbons (Fsp3) is 0.143. The molecular formula is C14H12F3IN2. The average Bonchev–Trinajstić information content (AvgIpc) is 2.37. The smallest absolute Gasteiger partial charge is 0.397 e. The SMILES string of the molecule is Nc1cc(I)ccc1NCc1ccc(C(F)(F)F)cc1. The lowest BCUT2D eigenvalue weighted by molar-refractivity contribution is -0.137. The number of nitrogens with two attached hydrogens (primary N) is 1. The molecule has 0 unspecified atom stereocenters. The van der Waals surface area contributed by atoms with Crippen molar-refractivity contribution >= 4 is 34.0 Å². The Morgan fingerprint density at radius 1 is 1.05 bits per heavy atom. The van der Waals surface area contributed by atoms with E-state index in [-0.39, 0.29) is 0 Å². The summed E-state index contributed by atoms with van der Waals surface area (Å²) in [4.78, 5) is 0. The summed E-state index contributed by atoms with van der Waals surface area (Å²) < 4.78 is 38.3. The van der Waals surface area contributed by atoms with Gasteiger partial charge >= 0.3 is 6.18 Å². The lowest BCUT2D eigenvalue weighted by Gasteiger charge is -2.11. The van der Waals surface area contributed by atoms with Crippen LogP contribution in [0.2, 0.25) is 0 Å². The van der Waals surface area contributed by atoms with Gasteiger partial charge in [0.25, 0.3) is 0 Å². The molecule has 3 N–H and O–H groups in total. The van der Waals surface area contributed by atoms with Crippen molar-refractivity contribution in [2.45, 2.75) is 12.7 Å². The van der Waals surface area contributed by atoms with E-state index >= 15 is 0 Å². The summed E-state index contributed by atoms with van der Waals surface area (Å²) in [6.07, 6.45) is -4.30. The highest BCUT2D eigenvalue weighted by Gasteiger charge is 2.29. The summed E-state index contributed by atoms with van der Waals surface area (Å²) in [5.41, 5.74) is 7.35. The Bertz CT molecular complexity index is 594. The standard InChI is InChI=1S/C14H12F3IN2/c15-14(16,17)10-3-1-9(2-4-10)8-20-13-6-5-11(18)7-12(13)19/h1-7,20H,8,19H2. The summed E-state index contributed by atoms with van der Waals surface area (Å²) in [7, 11) is 0. The first kappa shape index (κ1) is 15.0. The van der Waals surface area contributed by atoms with Crippen molar-refractivity contribution in [2.75, 3.05) is 11.1 Å². The van der Waals surface area contributed by atoms with Crippen molar-refractivity contribution in [3.63, 3.8) is 0 Å². The highest BCUT2D eigenvalue weighted by atomic mass is 127. The van der Waals surface area contributed by atoms with E-state index < -0.39 is 11.7 Å². The first-order valence-electron chi connectivity index (χ1n) is 5.81. The summed E-state index contributed by atoms with van der Waals surface area (Å²) in [5.74, 6) is 0. The quantitative estimate of drug-likeness (QED) is 0.596. The van der Waals surface area contributed by atoms with Gasteiger partial charge in [-0.05, 0) is 58.5 Å². The fourth-order valence-corrected chi connectivity index (χ4v) is 2.22. The zero-order chi connectivity index (χ0) is 14.8. The van der Waals surface area contributed by atoms with Crippen LogP contribution in [0.5, 0.6) is 0 Å². The van der Waals surface area contributed by atoms with Crippen molar-refractivity contribution in [3.05, 3.63) is 57.2 Å². The molecule has 0 aliphatic carbocycles. The summed E-state index contributed by atoms with van der Waals surface area (Å²) in [6.45, 7) is 0.420. The Balaban J connectivity index is 2.04. The zero-order valence-electron chi connectivity index (χ0n) is 10.3. The van der Waals surface area contributed by atoms with Crippen LogP contribution < -0.4 is 11.1 Å². The maximum atomic E-state index is 12.4. The van der Waals surface area contributed by atoms with Crippen LogP contribution in [0.3, 0.4) is 0 Å². The predicted molar refractivity (Wildman–Crippen MR) is 82.3 cm³/mol. The summed E-state index contributed by atoms with van der Waals surface area (Å²) >= 11 is 2.16. The van der Waals surface area contributed by atoms with Crippen LogP contribution in [-0.2, 0) is 12.7 Å². The third-order valence-electron chi connectivity index (χ3n) is 2.78. The molecule has 2 aromatic rings. The largest absolute Gasteiger partial charge is 0.416 e. The van der Waals surface area contributed by atoms with E-state index in [1.807, 2.05) is 18.2 Å². The Labute approximate surface area is 128 Å². The highest BCUT2D eigenvalue weighted by molar-refractivity contribution is 14.1. The van der Waals surface area contributed by atoms with Crippen molar-refractivity contribution in [2.24, 2.45) is 0 Å². The maximum absolute atomic E-state index is 12.4. The minimum absolute atomic E-state index is 0.420. The highest BCUT2D eigenvalue weighted by Crippen LogP contribution is 2.29. The Hall–Kier alpha value is -1.44. The maximum Gasteiger partial charge on any atom is 0.416 e. The van der Waals surface area contributed by atoms with Crippen molar-refractivity contribution < 1.29 is 13.2 Å². The van der Waals surface area contributed by atoms with Crippen LogP contribution in [0.15, 0.2) is 42.5 Å². The molecule has 2 nitrogen and oxygen atoms in total. The number of benzene rings is 2. The number of alkyl halides is 3. The number of nitrogens with one attached hydrogen (secondary N) is 1. The van der Waals surface area contributed by atoms with E-state index in [1.54, 1.807) is 0 Å². The van der Waals surface area contributed by atoms with Crippen LogP contribution in [0.25, 0.3) is 0 Å². The van der Waals surface area contributed by atoms with E-state index in [0.29, 0.717) is 12.2 Å². The van der Waals surface area contributed by atoms with Gasteiger partial charge < -0.3 is 11.1 Å². The van der Waals surface area contributed by atoms with Gasteiger partial charge in [0.15, 0.2) is 0 Å². The summed E-state index contributed by atoms with van der Waals surface area (Å²) in [6, 6.07) is 10.7. The Kier molecular flexibility index (Phi) is 4.42. The average molecular weight is 392 g/mol. The predicted octanol–water partition coefficient (Wildman–Crippen LogP) is 4.50. The molecular weight excluding hydrogens is 380 g/mol. The van der Waals surface area contributed by atoms with Gasteiger partial charge in [-0.2, -0.15) is 13.2 Å². The third-order valence-corrected chi connectivity index (χ3v) is 3.45. The Morgan fingerprint density at radius 2 is 1.70 bits per heavy atom. The molecule has 0 saturated heterocycles. The minimum atomic E-state index is -4.30. The molecule has 0 saturated carbocycles. The van der Waals surface area contributed by atoms with Gasteiger partial charge in [0, 0.05) is 10.1 Å². The molecule has 0 atom stereocenters. The van der Waals surface area contributed by atoms with Crippen molar-refractivity contribution in [1.82, 2.24) is 0 Å². The van der Waals surface area contributed by atoms with Crippen LogP contribution in [0.1, 0.15) is 11.1 Å². The van der Waals surface area contributed by atoms with Gasteiger partial charge in [-0.25, -0.2) is 0 Å². The molecule has 0 aromatic heterocycles. The molecule has 0 radical (unpaired) electrons. The van der Waals surface area contributed by atoms with Gasteiger partial charge in [0.05, 0.1) is 16.9 Å². The second kappa shape index (κ2) is 5.90. The third kappa shape index (κ3) is 3.78. The molecule has 0 bridgehead atoms. The zero-order valence-corrected chi connectivity index (χ0v) is 12.5. The molecule has 0 aliphatic rings. The lowest BCUT2D eigenvalue weighted by Crippen LogP contribution is -2.06. The molecule has 20 heavy (non-hydrogen) atoms. The van der Waals surface area contributed by atoms with Gasteiger partial charge in [0.2, 0.25) is 0 Å². The Morgan fingerprint density at radius 3 is 2.25 bits per heavy atom. The van der Waals surface area contributed by atoms with Crippen LogP contribution in [-0.4, -0.2) is 0 Å². The molecule has 0 amide bonds. The molecule has 0 heterocycles. The number of hydrogen-bond donors (Lipinski definition) is 2. The second-order valence-corrected chi connectivity index (χ2v) is 5.53. The second-order valence-electron chi connectivity index (χ2n) is 4.28. The van der Waals surface area contributed by atoms with E-state index in [0.717, 1.165) is 27.0 Å². The van der Waals surface area contributed by atoms with Crippen LogP contribution in [0, 0.1) is 3.57 Å². The fourth-order valence-electron chi connectivity index (χ4n) is 1.70. The van der Waals surface area contributed by atoms with Gasteiger partial charge in [0.1, 0.15) is 0 Å². The molecule has 0 fully saturated rings. The first-order valence-corrected chi connectivity index (χ1v) is 6.89. The normalized spacial score (nSPS) is 11.4. The number of halogens is 4. The number of rotatable bonds is 3. The number of anilines is 2. The monoisotopic (exact) mass is 392 g/mol. The molecule has 0 spiro atoms. The van der Waals surface area contributed by atoms with E-state index in [4.69, 9.17) is 5.73 Å². The van der Waals surface area contributed by atoms with E-state index in [9.17, 15) is 13.2 Å². The topological polar surface area (TPSA) is 38.0 Å². The number of hydrogen-bond acceptors (Lipinski definition) is 2. The van der Waals surface area contributed by atoms with Crippen molar-refractivity contribution in [3.8, 4) is 0 Å². The van der Waals surface area contributed by atoms with Gasteiger partial charge in [-0.3, -0.25) is 0 Å². The molecule has 106 valence electrons. The molecule has 6 heteroatoms. The van der Waals surface area contributed by atoms with Crippen molar-refractivity contribution in [1.29, 1.82) is 0 Å². The first-order chi connectivity index (χ1) is 9.36. The number of nitrogen functional groups attached to an aromatic ring is 1. The molecule has 0 aliphatic heterocycles. The van der Waals surface area contributed by atoms with Crippen LogP contribution >= 0.6 is 22.6 Å². The van der Waals surface area contributed by atoms with Gasteiger partial charge in [-0.1, -0.05) is 12.1 Å². The lowest BCUT2D eigenvalue weighted by atomic mass is 10.1. The van der Waals surface area contributed by atoms with Gasteiger partial charge in [-0.15, -0.1) is 0 Å². The van der Waals surface area contributed by atoms with E-state index in [2.05, 4.69) is 27.9 Å². The molecule has 2 aromatic carbocycles.